The number of nitrogens with zero attached hydrogens (tertiary/aromatic N) is 2. The second kappa shape index (κ2) is 9.57. The molecular weight excluding hydrogens is 376 g/mol. The molecule has 2 N–H and O–H groups in total. The van der Waals surface area contributed by atoms with E-state index in [4.69, 9.17) is 11.6 Å². The topological polar surface area (TPSA) is 64.7 Å². The number of carbonyl (C=O) groups excluding carboxylic acids is 2. The van der Waals surface area contributed by atoms with Crippen LogP contribution in [-0.4, -0.2) is 51.4 Å². The number of benzene rings is 2. The highest BCUT2D eigenvalue weighted by atomic mass is 35.5. The lowest BCUT2D eigenvalue weighted by molar-refractivity contribution is -0.136. The summed E-state index contributed by atoms with van der Waals surface area (Å²) >= 11 is 5.96. The molecule has 150 valence electrons. The van der Waals surface area contributed by atoms with E-state index in [2.05, 4.69) is 10.6 Å². The first-order valence-electron chi connectivity index (χ1n) is 8.98. The second-order valence-electron chi connectivity index (χ2n) is 7.09. The monoisotopic (exact) mass is 402 g/mol. The summed E-state index contributed by atoms with van der Waals surface area (Å²) < 4.78 is 0. The Kier molecular flexibility index (Phi) is 7.43. The van der Waals surface area contributed by atoms with Gasteiger partial charge in [0.1, 0.15) is 0 Å². The van der Waals surface area contributed by atoms with Crippen molar-refractivity contribution in [3.05, 3.63) is 58.6 Å². The SMILES string of the molecule is Cc1ccc(Cl)cc1NC(=O)C(=O)NC[C@H](c1ccc(N(C)C)cc1)N(C)C. The number of amides is 2. The van der Waals surface area contributed by atoms with Gasteiger partial charge in [-0.3, -0.25) is 9.59 Å². The lowest BCUT2D eigenvalue weighted by Gasteiger charge is -2.25. The van der Waals surface area contributed by atoms with Crippen molar-refractivity contribution in [1.82, 2.24) is 10.2 Å². The summed E-state index contributed by atoms with van der Waals surface area (Å²) in [4.78, 5) is 28.5. The number of rotatable bonds is 6. The van der Waals surface area contributed by atoms with E-state index in [1.54, 1.807) is 18.2 Å². The smallest absolute Gasteiger partial charge is 0.313 e. The van der Waals surface area contributed by atoms with Gasteiger partial charge in [0.05, 0.1) is 6.04 Å². The molecule has 0 aliphatic rings. The molecule has 0 bridgehead atoms. The Morgan fingerprint density at radius 1 is 1.00 bits per heavy atom. The number of hydrogen-bond acceptors (Lipinski definition) is 4. The van der Waals surface area contributed by atoms with Gasteiger partial charge in [0.2, 0.25) is 0 Å². The van der Waals surface area contributed by atoms with E-state index >= 15 is 0 Å². The van der Waals surface area contributed by atoms with E-state index in [1.165, 1.54) is 0 Å². The van der Waals surface area contributed by atoms with Crippen molar-refractivity contribution in [1.29, 1.82) is 0 Å². The van der Waals surface area contributed by atoms with Crippen LogP contribution in [0.5, 0.6) is 0 Å². The average Bonchev–Trinajstić information content (AvgIpc) is 2.64. The minimum Gasteiger partial charge on any atom is -0.378 e. The van der Waals surface area contributed by atoms with Gasteiger partial charge in [-0.1, -0.05) is 29.8 Å². The van der Waals surface area contributed by atoms with Crippen LogP contribution in [0.15, 0.2) is 42.5 Å². The number of halogens is 1. The Morgan fingerprint density at radius 2 is 1.64 bits per heavy atom. The fourth-order valence-electron chi connectivity index (χ4n) is 2.77. The second-order valence-corrected chi connectivity index (χ2v) is 7.53. The van der Waals surface area contributed by atoms with Crippen LogP contribution in [0.3, 0.4) is 0 Å². The van der Waals surface area contributed by atoms with Crippen LogP contribution in [0.1, 0.15) is 17.2 Å². The molecule has 2 aromatic carbocycles. The van der Waals surface area contributed by atoms with E-state index in [0.717, 1.165) is 16.8 Å². The van der Waals surface area contributed by atoms with E-state index in [9.17, 15) is 9.59 Å². The van der Waals surface area contributed by atoms with Crippen molar-refractivity contribution in [2.45, 2.75) is 13.0 Å². The standard InChI is InChI=1S/C21H27ClN4O2/c1-14-6-9-16(22)12-18(14)24-21(28)20(27)23-13-19(26(4)5)15-7-10-17(11-8-15)25(2)3/h6-12,19H,13H2,1-5H3,(H,23,27)(H,24,28)/t19-/m1/s1. The fraction of sp³-hybridized carbons (Fsp3) is 0.333. The van der Waals surface area contributed by atoms with Crippen molar-refractivity contribution in [3.63, 3.8) is 0 Å². The van der Waals surface area contributed by atoms with Crippen LogP contribution in [0.2, 0.25) is 5.02 Å². The molecule has 0 unspecified atom stereocenters. The van der Waals surface area contributed by atoms with Crippen molar-refractivity contribution < 1.29 is 9.59 Å². The molecule has 0 spiro atoms. The van der Waals surface area contributed by atoms with E-state index in [0.29, 0.717) is 17.3 Å². The molecular formula is C21H27ClN4O2. The van der Waals surface area contributed by atoms with Crippen LogP contribution < -0.4 is 15.5 Å². The highest BCUT2D eigenvalue weighted by Crippen LogP contribution is 2.22. The predicted octanol–water partition coefficient (Wildman–Crippen LogP) is 3.07. The number of nitrogens with one attached hydrogen (secondary N) is 2. The first-order valence-corrected chi connectivity index (χ1v) is 9.36. The van der Waals surface area contributed by atoms with Gasteiger partial charge < -0.3 is 20.4 Å². The van der Waals surface area contributed by atoms with Gasteiger partial charge in [0, 0.05) is 37.0 Å². The quantitative estimate of drug-likeness (QED) is 0.729. The normalized spacial score (nSPS) is 11.8. The van der Waals surface area contributed by atoms with Crippen LogP contribution in [-0.2, 0) is 9.59 Å². The van der Waals surface area contributed by atoms with E-state index in [1.807, 2.05) is 69.2 Å². The minimum atomic E-state index is -0.717. The molecule has 2 aromatic rings. The van der Waals surface area contributed by atoms with Crippen LogP contribution >= 0.6 is 11.6 Å². The zero-order valence-electron chi connectivity index (χ0n) is 16.9. The van der Waals surface area contributed by atoms with Crippen molar-refractivity contribution in [2.75, 3.05) is 45.0 Å². The molecule has 6 nitrogen and oxygen atoms in total. The first kappa shape index (κ1) is 21.7. The van der Waals surface area contributed by atoms with Gasteiger partial charge in [0.15, 0.2) is 0 Å². The summed E-state index contributed by atoms with van der Waals surface area (Å²) in [6.07, 6.45) is 0. The fourth-order valence-corrected chi connectivity index (χ4v) is 2.94. The third-order valence-electron chi connectivity index (χ3n) is 4.53. The summed E-state index contributed by atoms with van der Waals surface area (Å²) in [7, 11) is 7.84. The maximum Gasteiger partial charge on any atom is 0.313 e. The molecule has 0 aliphatic carbocycles. The molecule has 0 saturated carbocycles. The van der Waals surface area contributed by atoms with Crippen LogP contribution in [0.25, 0.3) is 0 Å². The van der Waals surface area contributed by atoms with Crippen LogP contribution in [0, 0.1) is 6.92 Å². The van der Waals surface area contributed by atoms with Gasteiger partial charge in [-0.2, -0.15) is 0 Å². The van der Waals surface area contributed by atoms with Crippen LogP contribution in [0.4, 0.5) is 11.4 Å². The third kappa shape index (κ3) is 5.71. The first-order chi connectivity index (χ1) is 13.2. The molecule has 0 heterocycles. The molecule has 2 amide bonds. The Balaban J connectivity index is 2.01. The third-order valence-corrected chi connectivity index (χ3v) is 4.76. The predicted molar refractivity (Wildman–Crippen MR) is 115 cm³/mol. The maximum absolute atomic E-state index is 12.3. The lowest BCUT2D eigenvalue weighted by atomic mass is 10.1. The summed E-state index contributed by atoms with van der Waals surface area (Å²) in [6.45, 7) is 2.15. The molecule has 2 rings (SSSR count). The Hall–Kier alpha value is -2.57. The zero-order valence-corrected chi connectivity index (χ0v) is 17.7. The lowest BCUT2D eigenvalue weighted by Crippen LogP contribution is -2.40. The summed E-state index contributed by atoms with van der Waals surface area (Å²) in [6, 6.07) is 13.2. The zero-order chi connectivity index (χ0) is 20.8. The molecule has 0 fully saturated rings. The van der Waals surface area contributed by atoms with E-state index in [-0.39, 0.29) is 6.04 Å². The highest BCUT2D eigenvalue weighted by Gasteiger charge is 2.19. The molecule has 1 atom stereocenters. The van der Waals surface area contributed by atoms with Crippen molar-refractivity contribution in [2.24, 2.45) is 0 Å². The maximum atomic E-state index is 12.3. The Bertz CT molecular complexity index is 835. The average molecular weight is 403 g/mol. The van der Waals surface area contributed by atoms with Gasteiger partial charge in [-0.05, 0) is 56.4 Å². The summed E-state index contributed by atoms with van der Waals surface area (Å²) in [5.74, 6) is -1.40. The van der Waals surface area contributed by atoms with Gasteiger partial charge in [0.25, 0.3) is 0 Å². The van der Waals surface area contributed by atoms with Gasteiger partial charge in [-0.15, -0.1) is 0 Å². The largest absolute Gasteiger partial charge is 0.378 e. The van der Waals surface area contributed by atoms with Gasteiger partial charge >= 0.3 is 11.8 Å². The molecule has 28 heavy (non-hydrogen) atoms. The number of carbonyl (C=O) groups is 2. The number of aryl methyl sites for hydroxylation is 1. The number of likely N-dealkylation sites (N-methyl/N-ethyl adjacent to an activating group) is 1. The van der Waals surface area contributed by atoms with E-state index < -0.39 is 11.8 Å². The van der Waals surface area contributed by atoms with Gasteiger partial charge in [-0.25, -0.2) is 0 Å². The highest BCUT2D eigenvalue weighted by molar-refractivity contribution is 6.40. The molecule has 0 aliphatic heterocycles. The number of anilines is 2. The Labute approximate surface area is 171 Å². The molecule has 0 aromatic heterocycles. The minimum absolute atomic E-state index is 0.0548. The van der Waals surface area contributed by atoms with Crippen molar-refractivity contribution >= 4 is 34.8 Å². The summed E-state index contributed by atoms with van der Waals surface area (Å²) in [5.41, 5.74) is 3.51. The number of hydrogen-bond donors (Lipinski definition) is 2. The summed E-state index contributed by atoms with van der Waals surface area (Å²) in [5, 5.41) is 5.82. The Morgan fingerprint density at radius 3 is 2.21 bits per heavy atom. The molecule has 0 saturated heterocycles. The van der Waals surface area contributed by atoms with Crippen molar-refractivity contribution in [3.8, 4) is 0 Å². The molecule has 7 heteroatoms. The molecule has 0 radical (unpaired) electrons.